The molecular formula is C15H23ClN2O2S. The highest BCUT2D eigenvalue weighted by Gasteiger charge is 2.16. The van der Waals surface area contributed by atoms with Crippen LogP contribution < -0.4 is 4.72 Å². The van der Waals surface area contributed by atoms with Crippen LogP contribution in [0.4, 0.5) is 0 Å². The van der Waals surface area contributed by atoms with E-state index in [4.69, 9.17) is 11.6 Å². The van der Waals surface area contributed by atoms with E-state index in [0.717, 1.165) is 32.0 Å². The SMILES string of the molecule is C[C@@H]1CCCN(CCCNS(=O)(=O)c2ccc(Cl)cc2)C1. The molecule has 0 bridgehead atoms. The van der Waals surface area contributed by atoms with Gasteiger partial charge >= 0.3 is 0 Å². The summed E-state index contributed by atoms with van der Waals surface area (Å²) < 4.78 is 26.8. The maximum absolute atomic E-state index is 12.1. The van der Waals surface area contributed by atoms with Crippen molar-refractivity contribution >= 4 is 21.6 Å². The standard InChI is InChI=1S/C15H23ClN2O2S/c1-13-4-2-10-18(12-13)11-3-9-17-21(19,20)15-7-5-14(16)6-8-15/h5-8,13,17H,2-4,9-12H2,1H3/t13-/m1/s1. The number of hydrogen-bond donors (Lipinski definition) is 1. The zero-order valence-electron chi connectivity index (χ0n) is 12.4. The first kappa shape index (κ1) is 16.7. The van der Waals surface area contributed by atoms with Crippen molar-refractivity contribution in [2.45, 2.75) is 31.1 Å². The van der Waals surface area contributed by atoms with Gasteiger partial charge in [-0.25, -0.2) is 13.1 Å². The summed E-state index contributed by atoms with van der Waals surface area (Å²) in [5, 5.41) is 0.535. The fraction of sp³-hybridized carbons (Fsp3) is 0.600. The third-order valence-electron chi connectivity index (χ3n) is 3.81. The average molecular weight is 331 g/mol. The minimum atomic E-state index is -3.42. The van der Waals surface area contributed by atoms with Crippen molar-refractivity contribution < 1.29 is 8.42 Å². The number of benzene rings is 1. The van der Waals surface area contributed by atoms with Crippen LogP contribution in [0, 0.1) is 5.92 Å². The van der Waals surface area contributed by atoms with Gasteiger partial charge in [0.15, 0.2) is 0 Å². The predicted molar refractivity (Wildman–Crippen MR) is 86.1 cm³/mol. The van der Waals surface area contributed by atoms with E-state index in [2.05, 4.69) is 16.5 Å². The molecule has 1 fully saturated rings. The van der Waals surface area contributed by atoms with Crippen LogP contribution in [0.1, 0.15) is 26.2 Å². The Morgan fingerprint density at radius 1 is 1.33 bits per heavy atom. The summed E-state index contributed by atoms with van der Waals surface area (Å²) in [5.41, 5.74) is 0. The average Bonchev–Trinajstić information content (AvgIpc) is 2.44. The largest absolute Gasteiger partial charge is 0.303 e. The molecule has 1 atom stereocenters. The summed E-state index contributed by atoms with van der Waals surface area (Å²) in [4.78, 5) is 2.68. The van der Waals surface area contributed by atoms with E-state index in [1.165, 1.54) is 25.0 Å². The van der Waals surface area contributed by atoms with Crippen LogP contribution in [0.3, 0.4) is 0 Å². The minimum Gasteiger partial charge on any atom is -0.303 e. The fourth-order valence-corrected chi connectivity index (χ4v) is 3.90. The van der Waals surface area contributed by atoms with E-state index in [9.17, 15) is 8.42 Å². The lowest BCUT2D eigenvalue weighted by atomic mass is 10.0. The first-order valence-corrected chi connectivity index (χ1v) is 9.31. The number of nitrogens with one attached hydrogen (secondary N) is 1. The second-order valence-corrected chi connectivity index (χ2v) is 7.96. The van der Waals surface area contributed by atoms with Crippen molar-refractivity contribution in [3.05, 3.63) is 29.3 Å². The Morgan fingerprint density at radius 2 is 2.05 bits per heavy atom. The molecule has 4 nitrogen and oxygen atoms in total. The van der Waals surface area contributed by atoms with Crippen LogP contribution in [-0.2, 0) is 10.0 Å². The number of hydrogen-bond acceptors (Lipinski definition) is 3. The molecule has 21 heavy (non-hydrogen) atoms. The van der Waals surface area contributed by atoms with E-state index in [0.29, 0.717) is 11.6 Å². The third kappa shape index (κ3) is 5.25. The van der Waals surface area contributed by atoms with Gasteiger partial charge in [0.25, 0.3) is 0 Å². The minimum absolute atomic E-state index is 0.262. The first-order chi connectivity index (χ1) is 9.97. The molecule has 1 aliphatic rings. The Hall–Kier alpha value is -0.620. The molecule has 2 rings (SSSR count). The molecule has 0 aliphatic carbocycles. The monoisotopic (exact) mass is 330 g/mol. The summed E-state index contributed by atoms with van der Waals surface area (Å²) in [5.74, 6) is 0.754. The van der Waals surface area contributed by atoms with Gasteiger partial charge < -0.3 is 4.90 Å². The smallest absolute Gasteiger partial charge is 0.240 e. The Bertz CT molecular complexity index is 545. The van der Waals surface area contributed by atoms with Crippen LogP contribution in [0.2, 0.25) is 5.02 Å². The second-order valence-electron chi connectivity index (χ2n) is 5.75. The topological polar surface area (TPSA) is 49.4 Å². The summed E-state index contributed by atoms with van der Waals surface area (Å²) in [6.45, 7) is 5.96. The number of sulfonamides is 1. The Morgan fingerprint density at radius 3 is 2.71 bits per heavy atom. The van der Waals surface area contributed by atoms with E-state index in [-0.39, 0.29) is 4.90 Å². The van der Waals surface area contributed by atoms with Crippen LogP contribution >= 0.6 is 11.6 Å². The predicted octanol–water partition coefficient (Wildman–Crippen LogP) is 2.74. The molecule has 118 valence electrons. The first-order valence-electron chi connectivity index (χ1n) is 7.45. The van der Waals surface area contributed by atoms with Crippen molar-refractivity contribution in [1.82, 2.24) is 9.62 Å². The molecule has 1 aromatic rings. The van der Waals surface area contributed by atoms with Crippen LogP contribution in [0.5, 0.6) is 0 Å². The highest BCUT2D eigenvalue weighted by molar-refractivity contribution is 7.89. The molecule has 1 saturated heterocycles. The lowest BCUT2D eigenvalue weighted by Crippen LogP contribution is -2.36. The van der Waals surface area contributed by atoms with Crippen LogP contribution in [0.25, 0.3) is 0 Å². The molecule has 1 heterocycles. The zero-order chi connectivity index (χ0) is 15.3. The van der Waals surface area contributed by atoms with Crippen LogP contribution in [0.15, 0.2) is 29.2 Å². The number of piperidine rings is 1. The fourth-order valence-electron chi connectivity index (χ4n) is 2.70. The molecule has 0 spiro atoms. The maximum Gasteiger partial charge on any atom is 0.240 e. The van der Waals surface area contributed by atoms with Gasteiger partial charge in [0, 0.05) is 18.1 Å². The van der Waals surface area contributed by atoms with Gasteiger partial charge in [-0.3, -0.25) is 0 Å². The van der Waals surface area contributed by atoms with E-state index >= 15 is 0 Å². The van der Waals surface area contributed by atoms with E-state index in [1.807, 2.05) is 0 Å². The van der Waals surface area contributed by atoms with Gasteiger partial charge in [0.2, 0.25) is 10.0 Å². The van der Waals surface area contributed by atoms with Crippen molar-refractivity contribution in [3.63, 3.8) is 0 Å². The Kier molecular flexibility index (Phi) is 6.05. The van der Waals surface area contributed by atoms with E-state index < -0.39 is 10.0 Å². The summed E-state index contributed by atoms with van der Waals surface area (Å²) in [6, 6.07) is 6.23. The lowest BCUT2D eigenvalue weighted by molar-refractivity contribution is 0.182. The third-order valence-corrected chi connectivity index (χ3v) is 5.54. The molecule has 6 heteroatoms. The van der Waals surface area contributed by atoms with Gasteiger partial charge in [0.05, 0.1) is 4.90 Å². The Labute approximate surface area is 132 Å². The number of nitrogens with zero attached hydrogens (tertiary/aromatic N) is 1. The van der Waals surface area contributed by atoms with Crippen molar-refractivity contribution in [2.75, 3.05) is 26.2 Å². The van der Waals surface area contributed by atoms with Gasteiger partial charge in [0.1, 0.15) is 0 Å². The highest BCUT2D eigenvalue weighted by atomic mass is 35.5. The van der Waals surface area contributed by atoms with Crippen molar-refractivity contribution in [3.8, 4) is 0 Å². The molecule has 0 saturated carbocycles. The maximum atomic E-state index is 12.1. The lowest BCUT2D eigenvalue weighted by Gasteiger charge is -2.30. The highest BCUT2D eigenvalue weighted by Crippen LogP contribution is 2.16. The Balaban J connectivity index is 1.76. The zero-order valence-corrected chi connectivity index (χ0v) is 14.0. The summed E-state index contributed by atoms with van der Waals surface area (Å²) in [6.07, 6.45) is 3.39. The second kappa shape index (κ2) is 7.58. The molecule has 1 aliphatic heterocycles. The molecule has 0 radical (unpaired) electrons. The van der Waals surface area contributed by atoms with Crippen molar-refractivity contribution in [1.29, 1.82) is 0 Å². The molecule has 0 amide bonds. The van der Waals surface area contributed by atoms with Crippen LogP contribution in [-0.4, -0.2) is 39.5 Å². The normalized spacial score (nSPS) is 20.6. The van der Waals surface area contributed by atoms with Gasteiger partial charge in [-0.2, -0.15) is 0 Å². The number of likely N-dealkylation sites (tertiary alicyclic amines) is 1. The summed E-state index contributed by atoms with van der Waals surface area (Å²) >= 11 is 5.77. The molecule has 0 aromatic heterocycles. The molecule has 1 aromatic carbocycles. The van der Waals surface area contributed by atoms with Crippen molar-refractivity contribution in [2.24, 2.45) is 5.92 Å². The number of rotatable bonds is 6. The number of halogens is 1. The quantitative estimate of drug-likeness (QED) is 0.816. The molecule has 1 N–H and O–H groups in total. The van der Waals surface area contributed by atoms with Gasteiger partial charge in [-0.15, -0.1) is 0 Å². The van der Waals surface area contributed by atoms with Gasteiger partial charge in [-0.05, 0) is 62.5 Å². The summed E-state index contributed by atoms with van der Waals surface area (Å²) in [7, 11) is -3.42. The molecular weight excluding hydrogens is 308 g/mol. The van der Waals surface area contributed by atoms with Gasteiger partial charge in [-0.1, -0.05) is 18.5 Å². The molecule has 0 unspecified atom stereocenters. The van der Waals surface area contributed by atoms with E-state index in [1.54, 1.807) is 12.1 Å².